The molecule has 74 valence electrons. The molecule has 0 bridgehead atoms. The molecule has 0 radical (unpaired) electrons. The summed E-state index contributed by atoms with van der Waals surface area (Å²) in [6.07, 6.45) is 2.10. The van der Waals surface area contributed by atoms with Gasteiger partial charge in [-0.3, -0.25) is 0 Å². The van der Waals surface area contributed by atoms with Crippen molar-refractivity contribution in [3.05, 3.63) is 33.7 Å². The maximum absolute atomic E-state index is 6.32. The molecule has 2 aromatic rings. The largest absolute Gasteiger partial charge is 0.143 e. The number of halogens is 1. The van der Waals surface area contributed by atoms with Crippen LogP contribution in [0.25, 0.3) is 10.1 Å². The summed E-state index contributed by atoms with van der Waals surface area (Å²) in [5, 5.41) is 4.30. The highest BCUT2D eigenvalue weighted by atomic mass is 35.5. The van der Waals surface area contributed by atoms with Gasteiger partial charge in [0.2, 0.25) is 0 Å². The Labute approximate surface area is 93.5 Å². The van der Waals surface area contributed by atoms with Crippen LogP contribution in [0.3, 0.4) is 0 Å². The summed E-state index contributed by atoms with van der Waals surface area (Å²) < 4.78 is 1.36. The van der Waals surface area contributed by atoms with Crippen LogP contribution in [0, 0.1) is 0 Å². The number of rotatable bonds is 2. The second-order valence-corrected chi connectivity index (χ2v) is 4.67. The Hall–Kier alpha value is -0.530. The average Bonchev–Trinajstić information content (AvgIpc) is 2.68. The molecule has 14 heavy (non-hydrogen) atoms. The highest BCUT2D eigenvalue weighted by molar-refractivity contribution is 7.17. The van der Waals surface area contributed by atoms with Crippen LogP contribution in [-0.2, 0) is 12.8 Å². The van der Waals surface area contributed by atoms with Gasteiger partial charge in [-0.15, -0.1) is 11.3 Å². The second-order valence-electron chi connectivity index (χ2n) is 3.38. The minimum Gasteiger partial charge on any atom is -0.143 e. The molecular weight excluding hydrogens is 212 g/mol. The Balaban J connectivity index is 2.80. The van der Waals surface area contributed by atoms with Gasteiger partial charge in [-0.1, -0.05) is 31.5 Å². The first-order valence-electron chi connectivity index (χ1n) is 4.95. The van der Waals surface area contributed by atoms with E-state index >= 15 is 0 Å². The molecule has 0 atom stereocenters. The number of hydrogen-bond donors (Lipinski definition) is 0. The predicted octanol–water partition coefficient (Wildman–Crippen LogP) is 4.68. The van der Waals surface area contributed by atoms with Gasteiger partial charge in [0.15, 0.2) is 0 Å². The first kappa shape index (κ1) is 10.0. The minimum atomic E-state index is 0.945. The highest BCUT2D eigenvalue weighted by Crippen LogP contribution is 2.34. The summed E-state index contributed by atoms with van der Waals surface area (Å²) >= 11 is 8.11. The highest BCUT2D eigenvalue weighted by Gasteiger charge is 2.09. The number of hydrogen-bond acceptors (Lipinski definition) is 1. The summed E-state index contributed by atoms with van der Waals surface area (Å²) in [7, 11) is 0. The van der Waals surface area contributed by atoms with Gasteiger partial charge in [0, 0.05) is 10.1 Å². The van der Waals surface area contributed by atoms with Crippen molar-refractivity contribution in [3.63, 3.8) is 0 Å². The fourth-order valence-corrected chi connectivity index (χ4v) is 3.16. The van der Waals surface area contributed by atoms with Gasteiger partial charge >= 0.3 is 0 Å². The van der Waals surface area contributed by atoms with Gasteiger partial charge in [0.05, 0.1) is 5.02 Å². The van der Waals surface area contributed by atoms with E-state index in [9.17, 15) is 0 Å². The zero-order chi connectivity index (χ0) is 10.1. The van der Waals surface area contributed by atoms with Crippen LogP contribution in [0.4, 0.5) is 0 Å². The molecule has 0 unspecified atom stereocenters. The van der Waals surface area contributed by atoms with Gasteiger partial charge in [-0.2, -0.15) is 0 Å². The molecule has 0 fully saturated rings. The van der Waals surface area contributed by atoms with E-state index in [-0.39, 0.29) is 0 Å². The topological polar surface area (TPSA) is 0 Å². The minimum absolute atomic E-state index is 0.945. The van der Waals surface area contributed by atoms with Gasteiger partial charge < -0.3 is 0 Å². The normalized spacial score (nSPS) is 11.1. The Bertz CT molecular complexity index is 457. The molecule has 0 nitrogen and oxygen atoms in total. The summed E-state index contributed by atoms with van der Waals surface area (Å²) in [6.45, 7) is 4.35. The lowest BCUT2D eigenvalue weighted by molar-refractivity contribution is 1.11. The number of fused-ring (bicyclic) bond motifs is 1. The fourth-order valence-electron chi connectivity index (χ4n) is 1.76. The van der Waals surface area contributed by atoms with E-state index in [0.29, 0.717) is 0 Å². The third-order valence-corrected chi connectivity index (χ3v) is 4.02. The van der Waals surface area contributed by atoms with Crippen molar-refractivity contribution >= 4 is 33.0 Å². The molecule has 0 saturated carbocycles. The van der Waals surface area contributed by atoms with Crippen molar-refractivity contribution in [3.8, 4) is 0 Å². The molecule has 2 heteroatoms. The van der Waals surface area contributed by atoms with Gasteiger partial charge in [0.25, 0.3) is 0 Å². The molecule has 0 saturated heterocycles. The van der Waals surface area contributed by atoms with E-state index in [1.165, 1.54) is 21.2 Å². The Morgan fingerprint density at radius 3 is 2.57 bits per heavy atom. The summed E-state index contributed by atoms with van der Waals surface area (Å²) in [6, 6.07) is 4.38. The van der Waals surface area contributed by atoms with Gasteiger partial charge in [-0.05, 0) is 35.4 Å². The van der Waals surface area contributed by atoms with Crippen molar-refractivity contribution < 1.29 is 0 Å². The third kappa shape index (κ3) is 1.45. The standard InChI is InChI=1S/C12H13ClS/c1-3-8-7-9(4-2)12-10(11(8)13)5-6-14-12/h5-7H,3-4H2,1-2H3. The average molecular weight is 225 g/mol. The molecule has 0 N–H and O–H groups in total. The Morgan fingerprint density at radius 2 is 1.93 bits per heavy atom. The molecule has 1 heterocycles. The Kier molecular flexibility index (Phi) is 2.80. The maximum atomic E-state index is 6.32. The van der Waals surface area contributed by atoms with E-state index < -0.39 is 0 Å². The summed E-state index contributed by atoms with van der Waals surface area (Å²) in [5.41, 5.74) is 2.70. The van der Waals surface area contributed by atoms with Gasteiger partial charge in [-0.25, -0.2) is 0 Å². The molecular formula is C12H13ClS. The zero-order valence-corrected chi connectivity index (χ0v) is 10.0. The first-order valence-corrected chi connectivity index (χ1v) is 6.21. The summed E-state index contributed by atoms with van der Waals surface area (Å²) in [4.78, 5) is 0. The van der Waals surface area contributed by atoms with Crippen molar-refractivity contribution in [1.82, 2.24) is 0 Å². The number of benzene rings is 1. The molecule has 0 aliphatic carbocycles. The van der Waals surface area contributed by atoms with Crippen molar-refractivity contribution in [2.75, 3.05) is 0 Å². The molecule has 2 rings (SSSR count). The van der Waals surface area contributed by atoms with E-state index in [4.69, 9.17) is 11.6 Å². The van der Waals surface area contributed by atoms with Crippen LogP contribution < -0.4 is 0 Å². The van der Waals surface area contributed by atoms with E-state index in [1.807, 2.05) is 0 Å². The van der Waals surface area contributed by atoms with Crippen LogP contribution in [0.15, 0.2) is 17.5 Å². The molecule has 0 amide bonds. The van der Waals surface area contributed by atoms with Crippen molar-refractivity contribution in [2.24, 2.45) is 0 Å². The first-order chi connectivity index (χ1) is 6.77. The van der Waals surface area contributed by atoms with Crippen LogP contribution in [0.1, 0.15) is 25.0 Å². The quantitative estimate of drug-likeness (QED) is 0.695. The lowest BCUT2D eigenvalue weighted by atomic mass is 10.0. The molecule has 1 aromatic heterocycles. The Morgan fingerprint density at radius 1 is 1.21 bits per heavy atom. The van der Waals surface area contributed by atoms with Crippen LogP contribution >= 0.6 is 22.9 Å². The van der Waals surface area contributed by atoms with Gasteiger partial charge in [0.1, 0.15) is 0 Å². The molecule has 1 aromatic carbocycles. The lowest BCUT2D eigenvalue weighted by Crippen LogP contribution is -1.88. The van der Waals surface area contributed by atoms with Crippen LogP contribution in [-0.4, -0.2) is 0 Å². The maximum Gasteiger partial charge on any atom is 0.0524 e. The third-order valence-electron chi connectivity index (χ3n) is 2.59. The number of aryl methyl sites for hydroxylation is 2. The van der Waals surface area contributed by atoms with E-state index in [1.54, 1.807) is 11.3 Å². The fraction of sp³-hybridized carbons (Fsp3) is 0.333. The van der Waals surface area contributed by atoms with Crippen LogP contribution in [0.2, 0.25) is 5.02 Å². The van der Waals surface area contributed by atoms with Crippen molar-refractivity contribution in [1.29, 1.82) is 0 Å². The second kappa shape index (κ2) is 3.92. The molecule has 0 spiro atoms. The molecule has 0 aliphatic rings. The lowest BCUT2D eigenvalue weighted by Gasteiger charge is -2.07. The summed E-state index contributed by atoms with van der Waals surface area (Å²) in [5.74, 6) is 0. The van der Waals surface area contributed by atoms with Crippen molar-refractivity contribution in [2.45, 2.75) is 26.7 Å². The van der Waals surface area contributed by atoms with Crippen LogP contribution in [0.5, 0.6) is 0 Å². The van der Waals surface area contributed by atoms with E-state index in [0.717, 1.165) is 17.9 Å². The van der Waals surface area contributed by atoms with E-state index in [2.05, 4.69) is 31.4 Å². The molecule has 0 aliphatic heterocycles. The number of thiophene rings is 1. The predicted molar refractivity (Wildman–Crippen MR) is 65.6 cm³/mol. The smallest absolute Gasteiger partial charge is 0.0524 e. The zero-order valence-electron chi connectivity index (χ0n) is 8.43. The monoisotopic (exact) mass is 224 g/mol. The SMILES string of the molecule is CCc1cc(CC)c2sccc2c1Cl.